The second-order valence-corrected chi connectivity index (χ2v) is 5.88. The van der Waals surface area contributed by atoms with Crippen LogP contribution >= 0.6 is 0 Å². The number of esters is 1. The number of nitrogens with zero attached hydrogens (tertiary/aromatic N) is 1. The van der Waals surface area contributed by atoms with Gasteiger partial charge >= 0.3 is 5.97 Å². The molecule has 0 aromatic heterocycles. The van der Waals surface area contributed by atoms with Gasteiger partial charge in [0.2, 0.25) is 0 Å². The van der Waals surface area contributed by atoms with E-state index >= 15 is 0 Å². The number of ether oxygens (including phenoxy) is 1. The van der Waals surface area contributed by atoms with Crippen LogP contribution in [-0.4, -0.2) is 38.7 Å². The molecule has 1 N–H and O–H groups in total. The maximum absolute atomic E-state index is 11.4. The van der Waals surface area contributed by atoms with Crippen LogP contribution in [0.2, 0.25) is 0 Å². The Morgan fingerprint density at radius 2 is 2.10 bits per heavy atom. The van der Waals surface area contributed by atoms with Crippen LogP contribution in [0.4, 0.5) is 11.4 Å². The van der Waals surface area contributed by atoms with E-state index in [1.807, 2.05) is 0 Å². The van der Waals surface area contributed by atoms with Crippen molar-refractivity contribution >= 4 is 27.2 Å². The fraction of sp³-hybridized carbons (Fsp3) is 0.364. The van der Waals surface area contributed by atoms with E-state index in [0.717, 1.165) is 12.3 Å². The highest BCUT2D eigenvalue weighted by Crippen LogP contribution is 2.27. The summed E-state index contributed by atoms with van der Waals surface area (Å²) in [6.07, 6.45) is 0.956. The van der Waals surface area contributed by atoms with Gasteiger partial charge < -0.3 is 10.1 Å². The minimum absolute atomic E-state index is 0.0513. The number of hydrogen-bond donors (Lipinski definition) is 1. The molecular formula is C11H14N2O6S. The van der Waals surface area contributed by atoms with Gasteiger partial charge in [-0.1, -0.05) is 0 Å². The number of benzene rings is 1. The van der Waals surface area contributed by atoms with Crippen LogP contribution in [0.3, 0.4) is 0 Å². The van der Waals surface area contributed by atoms with Gasteiger partial charge in [-0.3, -0.25) is 14.9 Å². The molecular weight excluding hydrogens is 288 g/mol. The lowest BCUT2D eigenvalue weighted by Gasteiger charge is -2.07. The van der Waals surface area contributed by atoms with Gasteiger partial charge in [-0.05, 0) is 19.1 Å². The molecule has 0 aliphatic carbocycles. The predicted molar refractivity (Wildman–Crippen MR) is 71.3 cm³/mol. The average Bonchev–Trinajstić information content (AvgIpc) is 2.35. The number of nitrogens with one attached hydrogen (secondary N) is 1. The van der Waals surface area contributed by atoms with Crippen molar-refractivity contribution in [2.24, 2.45) is 0 Å². The molecule has 0 aliphatic rings. The monoisotopic (exact) mass is 302 g/mol. The van der Waals surface area contributed by atoms with Crippen LogP contribution in [-0.2, 0) is 19.4 Å². The molecule has 20 heavy (non-hydrogen) atoms. The molecule has 9 heteroatoms. The molecule has 1 aromatic carbocycles. The van der Waals surface area contributed by atoms with Gasteiger partial charge in [0.05, 0.1) is 16.4 Å². The minimum Gasteiger partial charge on any atom is -0.465 e. The van der Waals surface area contributed by atoms with E-state index in [2.05, 4.69) is 10.1 Å². The Labute approximate surface area is 115 Å². The molecule has 0 saturated carbocycles. The van der Waals surface area contributed by atoms with Crippen molar-refractivity contribution in [3.05, 3.63) is 28.3 Å². The van der Waals surface area contributed by atoms with Gasteiger partial charge in [0.1, 0.15) is 12.2 Å². The van der Waals surface area contributed by atoms with Crippen molar-refractivity contribution < 1.29 is 22.9 Å². The minimum atomic E-state index is -3.54. The highest BCUT2D eigenvalue weighted by atomic mass is 32.2. The van der Waals surface area contributed by atoms with Crippen LogP contribution in [0.1, 0.15) is 6.92 Å². The number of sulfone groups is 1. The Kier molecular flexibility index (Phi) is 5.03. The average molecular weight is 302 g/mol. The van der Waals surface area contributed by atoms with Crippen LogP contribution < -0.4 is 5.32 Å². The second kappa shape index (κ2) is 6.33. The lowest BCUT2D eigenvalue weighted by molar-refractivity contribution is -0.384. The zero-order valence-electron chi connectivity index (χ0n) is 11.0. The lowest BCUT2D eigenvalue weighted by Crippen LogP contribution is -2.17. The summed E-state index contributed by atoms with van der Waals surface area (Å²) in [7, 11) is -3.54. The van der Waals surface area contributed by atoms with Gasteiger partial charge in [-0.15, -0.1) is 0 Å². The van der Waals surface area contributed by atoms with Crippen molar-refractivity contribution in [3.8, 4) is 0 Å². The van der Waals surface area contributed by atoms with Crippen molar-refractivity contribution in [2.75, 3.05) is 24.7 Å². The van der Waals surface area contributed by atoms with Gasteiger partial charge in [0, 0.05) is 12.3 Å². The molecule has 0 spiro atoms. The summed E-state index contributed by atoms with van der Waals surface area (Å²) < 4.78 is 27.4. The normalized spacial score (nSPS) is 10.9. The van der Waals surface area contributed by atoms with Crippen LogP contribution in [0, 0.1) is 10.1 Å². The molecule has 0 radical (unpaired) electrons. The van der Waals surface area contributed by atoms with Crippen molar-refractivity contribution in [3.63, 3.8) is 0 Å². The molecule has 0 amide bonds. The van der Waals surface area contributed by atoms with E-state index in [1.54, 1.807) is 6.92 Å². The van der Waals surface area contributed by atoms with E-state index in [-0.39, 0.29) is 23.7 Å². The molecule has 0 saturated heterocycles. The standard InChI is InChI=1S/C11H14N2O6S/c1-3-19-11(14)7-12-9-5-4-8(20(2,17)18)6-10(9)13(15)16/h4-6,12H,3,7H2,1-2H3. The molecule has 0 fully saturated rings. The highest BCUT2D eigenvalue weighted by molar-refractivity contribution is 7.90. The number of carbonyl (C=O) groups excluding carboxylic acids is 1. The van der Waals surface area contributed by atoms with Crippen molar-refractivity contribution in [2.45, 2.75) is 11.8 Å². The Morgan fingerprint density at radius 1 is 1.45 bits per heavy atom. The third-order valence-electron chi connectivity index (χ3n) is 2.32. The van der Waals surface area contributed by atoms with Gasteiger partial charge in [-0.25, -0.2) is 8.42 Å². The summed E-state index contributed by atoms with van der Waals surface area (Å²) in [6, 6.07) is 3.42. The maximum atomic E-state index is 11.4. The zero-order chi connectivity index (χ0) is 15.3. The SMILES string of the molecule is CCOC(=O)CNc1ccc(S(C)(=O)=O)cc1[N+](=O)[O-]. The number of anilines is 1. The van der Waals surface area contributed by atoms with Crippen LogP contribution in [0.25, 0.3) is 0 Å². The quantitative estimate of drug-likeness (QED) is 0.473. The first kappa shape index (κ1) is 15.9. The summed E-state index contributed by atoms with van der Waals surface area (Å²) in [5.74, 6) is -0.561. The molecule has 0 heterocycles. The smallest absolute Gasteiger partial charge is 0.325 e. The van der Waals surface area contributed by atoms with Gasteiger partial charge in [0.25, 0.3) is 5.69 Å². The molecule has 8 nitrogen and oxygen atoms in total. The number of hydrogen-bond acceptors (Lipinski definition) is 7. The third kappa shape index (κ3) is 4.19. The largest absolute Gasteiger partial charge is 0.465 e. The van der Waals surface area contributed by atoms with Crippen molar-refractivity contribution in [1.82, 2.24) is 0 Å². The fourth-order valence-corrected chi connectivity index (χ4v) is 2.06. The second-order valence-electron chi connectivity index (χ2n) is 3.87. The summed E-state index contributed by atoms with van der Waals surface area (Å²) in [5.41, 5.74) is -0.368. The summed E-state index contributed by atoms with van der Waals surface area (Å²) in [6.45, 7) is 1.60. The zero-order valence-corrected chi connectivity index (χ0v) is 11.8. The van der Waals surface area contributed by atoms with E-state index < -0.39 is 26.4 Å². The highest BCUT2D eigenvalue weighted by Gasteiger charge is 2.19. The molecule has 0 bridgehead atoms. The number of carbonyl (C=O) groups is 1. The van der Waals surface area contributed by atoms with E-state index in [1.165, 1.54) is 12.1 Å². The first-order chi connectivity index (χ1) is 9.25. The summed E-state index contributed by atoms with van der Waals surface area (Å²) in [4.78, 5) is 21.2. The molecule has 110 valence electrons. The molecule has 0 unspecified atom stereocenters. The van der Waals surface area contributed by atoms with Gasteiger partial charge in [-0.2, -0.15) is 0 Å². The Balaban J connectivity index is 3.03. The van der Waals surface area contributed by atoms with Gasteiger partial charge in [0.15, 0.2) is 9.84 Å². The van der Waals surface area contributed by atoms with E-state index in [4.69, 9.17) is 0 Å². The molecule has 0 aliphatic heterocycles. The maximum Gasteiger partial charge on any atom is 0.325 e. The first-order valence-electron chi connectivity index (χ1n) is 5.63. The summed E-state index contributed by atoms with van der Waals surface area (Å²) >= 11 is 0. The van der Waals surface area contributed by atoms with Crippen molar-refractivity contribution in [1.29, 1.82) is 0 Å². The summed E-state index contributed by atoms with van der Waals surface area (Å²) in [5, 5.41) is 13.5. The number of rotatable bonds is 6. The predicted octanol–water partition coefficient (Wildman–Crippen LogP) is 0.973. The lowest BCUT2D eigenvalue weighted by atomic mass is 10.2. The molecule has 0 atom stereocenters. The van der Waals surface area contributed by atoms with E-state index in [9.17, 15) is 23.3 Å². The Morgan fingerprint density at radius 3 is 2.60 bits per heavy atom. The first-order valence-corrected chi connectivity index (χ1v) is 7.53. The fourth-order valence-electron chi connectivity index (χ4n) is 1.42. The van der Waals surface area contributed by atoms with E-state index in [0.29, 0.717) is 0 Å². The van der Waals surface area contributed by atoms with Crippen LogP contribution in [0.5, 0.6) is 0 Å². The Hall–Kier alpha value is -2.16. The third-order valence-corrected chi connectivity index (χ3v) is 3.43. The molecule has 1 rings (SSSR count). The topological polar surface area (TPSA) is 116 Å². The van der Waals surface area contributed by atoms with Crippen LogP contribution in [0.15, 0.2) is 23.1 Å². The number of nitro groups is 1. The molecule has 1 aromatic rings. The Bertz CT molecular complexity index is 626. The number of nitro benzene ring substituents is 1.